The summed E-state index contributed by atoms with van der Waals surface area (Å²) >= 11 is 0. The minimum Gasteiger partial charge on any atom is -0.271 e. The van der Waals surface area contributed by atoms with Gasteiger partial charge in [0.05, 0.1) is 0 Å². The number of hydrogen-bond acceptors (Lipinski definition) is 2. The number of unbranched alkanes of at least 4 members (excludes halogenated alkanes) is 4. The van der Waals surface area contributed by atoms with E-state index < -0.39 is 0 Å². The molecule has 102 valence electrons. The van der Waals surface area contributed by atoms with Gasteiger partial charge in [-0.15, -0.1) is 0 Å². The Morgan fingerprint density at radius 1 is 1.22 bits per heavy atom. The number of rotatable bonds is 8. The minimum atomic E-state index is -0.185. The van der Waals surface area contributed by atoms with E-state index in [1.54, 1.807) is 6.07 Å². The van der Waals surface area contributed by atoms with Gasteiger partial charge in [0.2, 0.25) is 0 Å². The van der Waals surface area contributed by atoms with E-state index in [1.165, 1.54) is 31.7 Å². The van der Waals surface area contributed by atoms with E-state index in [4.69, 9.17) is 5.84 Å². The Morgan fingerprint density at radius 2 is 1.94 bits per heavy atom. The van der Waals surface area contributed by atoms with E-state index in [0.717, 1.165) is 24.0 Å². The molecule has 1 rings (SSSR count). The van der Waals surface area contributed by atoms with E-state index in [2.05, 4.69) is 12.3 Å². The molecule has 0 aliphatic carbocycles. The van der Waals surface area contributed by atoms with Crippen molar-refractivity contribution in [3.63, 3.8) is 0 Å². The molecule has 1 aromatic rings. The number of nitrogens with two attached hydrogens (primary N) is 1. The van der Waals surface area contributed by atoms with Crippen molar-refractivity contribution in [2.75, 3.05) is 0 Å². The number of hydrogen-bond donors (Lipinski definition) is 2. The monoisotopic (exact) mass is 252 g/mol. The molecule has 0 fully saturated rings. The first-order chi connectivity index (χ1) is 8.69. The first-order valence-electron chi connectivity index (χ1n) is 6.91. The average Bonchev–Trinajstić information content (AvgIpc) is 2.35. The number of aryl methyl sites for hydroxylation is 1. The smallest absolute Gasteiger partial charge is 0.123 e. The van der Waals surface area contributed by atoms with Crippen LogP contribution in [0.4, 0.5) is 4.39 Å². The van der Waals surface area contributed by atoms with Crippen molar-refractivity contribution in [2.24, 2.45) is 5.84 Å². The summed E-state index contributed by atoms with van der Waals surface area (Å²) < 4.78 is 13.1. The molecule has 2 nitrogen and oxygen atoms in total. The van der Waals surface area contributed by atoms with Crippen LogP contribution in [0.3, 0.4) is 0 Å². The quantitative estimate of drug-likeness (QED) is 0.417. The second-order valence-corrected chi connectivity index (χ2v) is 4.92. The van der Waals surface area contributed by atoms with Gasteiger partial charge in [0, 0.05) is 6.04 Å². The van der Waals surface area contributed by atoms with Crippen molar-refractivity contribution in [1.82, 2.24) is 5.43 Å². The average molecular weight is 252 g/mol. The van der Waals surface area contributed by atoms with Crippen LogP contribution in [0.1, 0.15) is 62.6 Å². The summed E-state index contributed by atoms with van der Waals surface area (Å²) in [6.07, 6.45) is 7.26. The third kappa shape index (κ3) is 4.75. The fraction of sp³-hybridized carbons (Fsp3) is 0.600. The number of benzene rings is 1. The van der Waals surface area contributed by atoms with Gasteiger partial charge in [-0.3, -0.25) is 11.3 Å². The molecule has 0 spiro atoms. The van der Waals surface area contributed by atoms with Crippen LogP contribution in [-0.2, 0) is 0 Å². The van der Waals surface area contributed by atoms with Gasteiger partial charge in [-0.05, 0) is 36.6 Å². The topological polar surface area (TPSA) is 38.0 Å². The zero-order chi connectivity index (χ0) is 13.4. The molecule has 1 atom stereocenters. The van der Waals surface area contributed by atoms with E-state index in [1.807, 2.05) is 13.0 Å². The highest BCUT2D eigenvalue weighted by Crippen LogP contribution is 2.23. The van der Waals surface area contributed by atoms with Crippen LogP contribution in [0.25, 0.3) is 0 Å². The van der Waals surface area contributed by atoms with Crippen molar-refractivity contribution in [1.29, 1.82) is 0 Å². The second kappa shape index (κ2) is 8.22. The highest BCUT2D eigenvalue weighted by Gasteiger charge is 2.12. The van der Waals surface area contributed by atoms with E-state index in [-0.39, 0.29) is 11.9 Å². The van der Waals surface area contributed by atoms with Crippen molar-refractivity contribution in [2.45, 2.75) is 58.4 Å². The molecule has 1 unspecified atom stereocenters. The van der Waals surface area contributed by atoms with Gasteiger partial charge >= 0.3 is 0 Å². The van der Waals surface area contributed by atoms with Crippen LogP contribution in [0.15, 0.2) is 18.2 Å². The maximum atomic E-state index is 13.1. The van der Waals surface area contributed by atoms with Gasteiger partial charge in [-0.2, -0.15) is 0 Å². The Hall–Kier alpha value is -0.930. The number of hydrazine groups is 1. The molecule has 1 aromatic carbocycles. The van der Waals surface area contributed by atoms with Gasteiger partial charge in [-0.1, -0.05) is 45.1 Å². The Kier molecular flexibility index (Phi) is 6.91. The fourth-order valence-electron chi connectivity index (χ4n) is 2.31. The third-order valence-corrected chi connectivity index (χ3v) is 3.40. The zero-order valence-electron chi connectivity index (χ0n) is 11.5. The van der Waals surface area contributed by atoms with Crippen molar-refractivity contribution in [3.8, 4) is 0 Å². The summed E-state index contributed by atoms with van der Waals surface area (Å²) in [5.74, 6) is 5.42. The Labute approximate surface area is 110 Å². The lowest BCUT2D eigenvalue weighted by molar-refractivity contribution is 0.476. The molecule has 0 heterocycles. The van der Waals surface area contributed by atoms with Crippen LogP contribution in [0.2, 0.25) is 0 Å². The number of nitrogens with one attached hydrogen (secondary N) is 1. The van der Waals surface area contributed by atoms with Gasteiger partial charge < -0.3 is 0 Å². The van der Waals surface area contributed by atoms with Crippen LogP contribution in [-0.4, -0.2) is 0 Å². The second-order valence-electron chi connectivity index (χ2n) is 4.92. The van der Waals surface area contributed by atoms with Gasteiger partial charge in [0.1, 0.15) is 5.82 Å². The highest BCUT2D eigenvalue weighted by molar-refractivity contribution is 5.29. The van der Waals surface area contributed by atoms with Crippen LogP contribution >= 0.6 is 0 Å². The molecule has 0 aromatic heterocycles. The first-order valence-corrected chi connectivity index (χ1v) is 6.91. The fourth-order valence-corrected chi connectivity index (χ4v) is 2.31. The normalized spacial score (nSPS) is 12.7. The predicted molar refractivity (Wildman–Crippen MR) is 74.6 cm³/mol. The minimum absolute atomic E-state index is 0.132. The molecule has 0 aliphatic rings. The van der Waals surface area contributed by atoms with Gasteiger partial charge in [-0.25, -0.2) is 4.39 Å². The maximum Gasteiger partial charge on any atom is 0.123 e. The molecule has 0 aliphatic heterocycles. The SMILES string of the molecule is CCCCCCCC(NN)c1ccc(F)cc1C. The van der Waals surface area contributed by atoms with Crippen molar-refractivity contribution < 1.29 is 4.39 Å². The molecule has 0 saturated heterocycles. The first kappa shape index (κ1) is 15.1. The Morgan fingerprint density at radius 3 is 2.56 bits per heavy atom. The van der Waals surface area contributed by atoms with Crippen molar-refractivity contribution in [3.05, 3.63) is 35.1 Å². The molecular weight excluding hydrogens is 227 g/mol. The maximum absolute atomic E-state index is 13.1. The molecule has 0 radical (unpaired) electrons. The molecule has 0 saturated carbocycles. The summed E-state index contributed by atoms with van der Waals surface area (Å²) in [7, 11) is 0. The van der Waals surface area contributed by atoms with Crippen LogP contribution < -0.4 is 11.3 Å². The Bertz CT molecular complexity index is 352. The van der Waals surface area contributed by atoms with Gasteiger partial charge in [0.25, 0.3) is 0 Å². The van der Waals surface area contributed by atoms with Crippen LogP contribution in [0.5, 0.6) is 0 Å². The van der Waals surface area contributed by atoms with E-state index in [9.17, 15) is 4.39 Å². The lowest BCUT2D eigenvalue weighted by atomic mass is 9.96. The predicted octanol–water partition coefficient (Wildman–Crippen LogP) is 4.00. The third-order valence-electron chi connectivity index (χ3n) is 3.40. The summed E-state index contributed by atoms with van der Waals surface area (Å²) in [6.45, 7) is 4.14. The summed E-state index contributed by atoms with van der Waals surface area (Å²) in [5.41, 5.74) is 4.92. The molecule has 3 heteroatoms. The standard InChI is InChI=1S/C15H25FN2/c1-3-4-5-6-7-8-15(18-17)14-10-9-13(16)11-12(14)2/h9-11,15,18H,3-8,17H2,1-2H3. The molecule has 18 heavy (non-hydrogen) atoms. The van der Waals surface area contributed by atoms with Crippen molar-refractivity contribution >= 4 is 0 Å². The molecule has 3 N–H and O–H groups in total. The van der Waals surface area contributed by atoms with E-state index >= 15 is 0 Å². The lowest BCUT2D eigenvalue weighted by Gasteiger charge is -2.18. The molecule has 0 amide bonds. The lowest BCUT2D eigenvalue weighted by Crippen LogP contribution is -2.28. The molecule has 0 bridgehead atoms. The van der Waals surface area contributed by atoms with Gasteiger partial charge in [0.15, 0.2) is 0 Å². The largest absolute Gasteiger partial charge is 0.271 e. The summed E-state index contributed by atoms with van der Waals surface area (Å²) in [4.78, 5) is 0. The zero-order valence-corrected chi connectivity index (χ0v) is 11.5. The highest BCUT2D eigenvalue weighted by atomic mass is 19.1. The summed E-state index contributed by atoms with van der Waals surface area (Å²) in [5, 5.41) is 0. The Balaban J connectivity index is 2.49. The van der Waals surface area contributed by atoms with Crippen LogP contribution in [0, 0.1) is 12.7 Å². The van der Waals surface area contributed by atoms with E-state index in [0.29, 0.717) is 0 Å². The number of halogens is 1. The summed E-state index contributed by atoms with van der Waals surface area (Å²) in [6, 6.07) is 5.04. The molecular formula is C15H25FN2.